The molecule has 5 rings (SSSR count). The third-order valence-electron chi connectivity index (χ3n) is 6.09. The van der Waals surface area contributed by atoms with Crippen LogP contribution in [0, 0.1) is 12.8 Å². The molecule has 2 heteroatoms. The number of hydrogen-bond donors (Lipinski definition) is 0. The largest absolute Gasteiger partial charge is 0.455 e. The Kier molecular flexibility index (Phi) is 3.34. The highest BCUT2D eigenvalue weighted by atomic mass is 16.3. The fourth-order valence-electron chi connectivity index (χ4n) is 4.75. The van der Waals surface area contributed by atoms with Gasteiger partial charge in [0, 0.05) is 27.9 Å². The number of fused-ring (bicyclic) bond motifs is 2. The topological polar surface area (TPSA) is 26.0 Å². The molecule has 0 aliphatic heterocycles. The quantitative estimate of drug-likeness (QED) is 0.395. The summed E-state index contributed by atoms with van der Waals surface area (Å²) in [5.74, 6) is 0.588. The smallest absolute Gasteiger partial charge is 0.139 e. The summed E-state index contributed by atoms with van der Waals surface area (Å²) in [7, 11) is 0. The second kappa shape index (κ2) is 5.45. The zero-order valence-corrected chi connectivity index (χ0v) is 16.7. The Balaban J connectivity index is 2.04. The van der Waals surface area contributed by atoms with E-state index >= 15 is 0 Å². The third-order valence-corrected chi connectivity index (χ3v) is 6.09. The molecule has 4 aromatic rings. The molecule has 1 aliphatic rings. The summed E-state index contributed by atoms with van der Waals surface area (Å²) in [6, 6.07) is 13.3. The van der Waals surface area contributed by atoms with Crippen molar-refractivity contribution in [1.82, 2.24) is 4.98 Å². The predicted octanol–water partition coefficient (Wildman–Crippen LogP) is 6.79. The van der Waals surface area contributed by atoms with Gasteiger partial charge in [0.15, 0.2) is 0 Å². The van der Waals surface area contributed by atoms with Crippen LogP contribution < -0.4 is 0 Å². The van der Waals surface area contributed by atoms with Gasteiger partial charge in [0.05, 0.1) is 5.69 Å². The van der Waals surface area contributed by atoms with E-state index < -0.39 is 0 Å². The summed E-state index contributed by atoms with van der Waals surface area (Å²) >= 11 is 0. The maximum atomic E-state index is 6.55. The van der Waals surface area contributed by atoms with Crippen molar-refractivity contribution in [3.05, 3.63) is 64.8 Å². The monoisotopic (exact) mass is 355 g/mol. The highest BCUT2D eigenvalue weighted by molar-refractivity contribution is 6.16. The van der Waals surface area contributed by atoms with Crippen LogP contribution in [-0.4, -0.2) is 4.98 Å². The van der Waals surface area contributed by atoms with E-state index in [1.807, 2.05) is 6.20 Å². The molecule has 2 aromatic carbocycles. The van der Waals surface area contributed by atoms with Gasteiger partial charge in [0.1, 0.15) is 11.2 Å². The maximum Gasteiger partial charge on any atom is 0.139 e. The molecule has 0 saturated heterocycles. The van der Waals surface area contributed by atoms with Gasteiger partial charge in [-0.2, -0.15) is 0 Å². The first-order chi connectivity index (χ1) is 12.9. The van der Waals surface area contributed by atoms with Crippen LogP contribution in [0.25, 0.3) is 33.2 Å². The van der Waals surface area contributed by atoms with Gasteiger partial charge in [0.2, 0.25) is 0 Å². The second-order valence-electron chi connectivity index (χ2n) is 8.84. The van der Waals surface area contributed by atoms with Gasteiger partial charge in [0.25, 0.3) is 0 Å². The van der Waals surface area contributed by atoms with Crippen LogP contribution in [0.3, 0.4) is 0 Å². The minimum Gasteiger partial charge on any atom is -0.455 e. The molecule has 27 heavy (non-hydrogen) atoms. The molecule has 0 fully saturated rings. The van der Waals surface area contributed by atoms with Gasteiger partial charge in [-0.25, -0.2) is 0 Å². The molecule has 0 atom stereocenters. The van der Waals surface area contributed by atoms with Gasteiger partial charge in [-0.3, -0.25) is 4.98 Å². The van der Waals surface area contributed by atoms with Crippen LogP contribution in [0.2, 0.25) is 0 Å². The lowest BCUT2D eigenvalue weighted by Gasteiger charge is -2.27. The van der Waals surface area contributed by atoms with Crippen LogP contribution in [0.15, 0.2) is 47.0 Å². The van der Waals surface area contributed by atoms with Crippen molar-refractivity contribution in [3.63, 3.8) is 0 Å². The average Bonchev–Trinajstić information content (AvgIpc) is 3.00. The molecular formula is C25H25NO. The molecule has 0 bridgehead atoms. The number of pyridine rings is 1. The first-order valence-electron chi connectivity index (χ1n) is 9.83. The minimum atomic E-state index is -0.137. The van der Waals surface area contributed by atoms with Crippen molar-refractivity contribution < 1.29 is 4.42 Å². The zero-order chi connectivity index (χ0) is 18.9. The van der Waals surface area contributed by atoms with Gasteiger partial charge < -0.3 is 4.42 Å². The van der Waals surface area contributed by atoms with E-state index in [-0.39, 0.29) is 5.41 Å². The molecule has 0 unspecified atom stereocenters. The van der Waals surface area contributed by atoms with E-state index in [1.54, 1.807) is 0 Å². The highest BCUT2D eigenvalue weighted by Crippen LogP contribution is 2.50. The fourth-order valence-corrected chi connectivity index (χ4v) is 4.75. The van der Waals surface area contributed by atoms with Gasteiger partial charge in [-0.05, 0) is 47.6 Å². The first kappa shape index (κ1) is 16.6. The summed E-state index contributed by atoms with van der Waals surface area (Å²) in [5, 5.41) is 2.51. The summed E-state index contributed by atoms with van der Waals surface area (Å²) in [4.78, 5) is 4.81. The van der Waals surface area contributed by atoms with Gasteiger partial charge in [-0.15, -0.1) is 0 Å². The van der Waals surface area contributed by atoms with E-state index in [0.29, 0.717) is 5.92 Å². The van der Waals surface area contributed by atoms with E-state index in [0.717, 1.165) is 23.3 Å². The summed E-state index contributed by atoms with van der Waals surface area (Å²) in [6.07, 6.45) is 2.93. The number of aryl methyl sites for hydroxylation is 1. The van der Waals surface area contributed by atoms with Crippen molar-refractivity contribution >= 4 is 21.9 Å². The molecular weight excluding hydrogens is 330 g/mol. The Labute approximate surface area is 160 Å². The number of benzene rings is 2. The lowest BCUT2D eigenvalue weighted by Crippen LogP contribution is -2.20. The van der Waals surface area contributed by atoms with Gasteiger partial charge >= 0.3 is 0 Å². The molecule has 2 aromatic heterocycles. The Bertz CT molecular complexity index is 1210. The molecule has 0 N–H and O–H groups in total. The molecule has 0 amide bonds. The summed E-state index contributed by atoms with van der Waals surface area (Å²) < 4.78 is 6.55. The zero-order valence-electron chi connectivity index (χ0n) is 16.7. The van der Waals surface area contributed by atoms with Crippen LogP contribution in [0.5, 0.6) is 0 Å². The first-order valence-corrected chi connectivity index (χ1v) is 9.83. The lowest BCUT2D eigenvalue weighted by atomic mass is 9.76. The molecule has 0 saturated carbocycles. The van der Waals surface area contributed by atoms with Gasteiger partial charge in [-0.1, -0.05) is 58.0 Å². The predicted molar refractivity (Wildman–Crippen MR) is 112 cm³/mol. The number of rotatable bonds is 2. The van der Waals surface area contributed by atoms with Crippen molar-refractivity contribution in [3.8, 4) is 11.3 Å². The maximum absolute atomic E-state index is 6.55. The molecule has 1 aliphatic carbocycles. The van der Waals surface area contributed by atoms with Crippen molar-refractivity contribution in [2.75, 3.05) is 0 Å². The fraction of sp³-hybridized carbons (Fsp3) is 0.320. The summed E-state index contributed by atoms with van der Waals surface area (Å²) in [5.41, 5.74) is 9.31. The molecule has 0 spiro atoms. The Hall–Kier alpha value is -2.61. The summed E-state index contributed by atoms with van der Waals surface area (Å²) in [6.45, 7) is 11.3. The van der Waals surface area contributed by atoms with Crippen LogP contribution in [0.4, 0.5) is 0 Å². The van der Waals surface area contributed by atoms with Crippen LogP contribution in [-0.2, 0) is 11.8 Å². The SMILES string of the molecule is Cc1ccc2c3c1oc1c(CC(C)C)ccc(c13)C(C)(C)c1cccnc1-2. The number of nitrogens with zero attached hydrogens (tertiary/aromatic N) is 1. The Morgan fingerprint density at radius 2 is 1.78 bits per heavy atom. The molecule has 136 valence electrons. The lowest BCUT2D eigenvalue weighted by molar-refractivity contribution is 0.617. The molecule has 2 nitrogen and oxygen atoms in total. The molecule has 0 radical (unpaired) electrons. The van der Waals surface area contributed by atoms with Crippen molar-refractivity contribution in [2.24, 2.45) is 5.92 Å². The van der Waals surface area contributed by atoms with Crippen molar-refractivity contribution in [2.45, 2.75) is 46.5 Å². The van der Waals surface area contributed by atoms with Crippen molar-refractivity contribution in [1.29, 1.82) is 0 Å². The average molecular weight is 355 g/mol. The van der Waals surface area contributed by atoms with Crippen LogP contribution >= 0.6 is 0 Å². The van der Waals surface area contributed by atoms with E-state index in [2.05, 4.69) is 71.0 Å². The highest BCUT2D eigenvalue weighted by Gasteiger charge is 2.35. The van der Waals surface area contributed by atoms with E-state index in [1.165, 1.54) is 38.6 Å². The van der Waals surface area contributed by atoms with E-state index in [9.17, 15) is 0 Å². The van der Waals surface area contributed by atoms with E-state index in [4.69, 9.17) is 9.40 Å². The standard InChI is InChI=1S/C25H25NO/c1-14(2)13-16-9-11-18-21-20-17(10-8-15(3)23(20)27-24(16)21)22-19(25(18,4)5)7-6-12-26-22/h6-12,14H,13H2,1-5H3. The third kappa shape index (κ3) is 2.16. The number of aromatic nitrogens is 1. The number of furan rings is 1. The normalized spacial score (nSPS) is 14.9. The molecule has 2 heterocycles. The minimum absolute atomic E-state index is 0.137. The number of hydrogen-bond acceptors (Lipinski definition) is 2. The Morgan fingerprint density at radius 3 is 2.56 bits per heavy atom. The Morgan fingerprint density at radius 1 is 0.963 bits per heavy atom. The second-order valence-corrected chi connectivity index (χ2v) is 8.84. The van der Waals surface area contributed by atoms with Crippen LogP contribution in [0.1, 0.15) is 49.9 Å².